The lowest BCUT2D eigenvalue weighted by Gasteiger charge is -2.63. The van der Waals surface area contributed by atoms with Gasteiger partial charge in [0.25, 0.3) is 0 Å². The molecule has 0 aromatic heterocycles. The van der Waals surface area contributed by atoms with Gasteiger partial charge in [0.2, 0.25) is 0 Å². The zero-order valence-electron chi connectivity index (χ0n) is 13.1. The highest BCUT2D eigenvalue weighted by Crippen LogP contribution is 2.67. The van der Waals surface area contributed by atoms with Gasteiger partial charge in [0.15, 0.2) is 0 Å². The molecule has 0 atom stereocenters. The van der Waals surface area contributed by atoms with Crippen LogP contribution in [0.1, 0.15) is 78.6 Å². The zero-order valence-corrected chi connectivity index (χ0v) is 13.1. The Hall–Kier alpha value is -0.300. The van der Waals surface area contributed by atoms with Crippen molar-refractivity contribution in [1.82, 2.24) is 5.32 Å². The summed E-state index contributed by atoms with van der Waals surface area (Å²) in [5.41, 5.74) is 3.38. The highest BCUT2D eigenvalue weighted by Gasteiger charge is 2.57. The average Bonchev–Trinajstić information content (AvgIpc) is 2.25. The van der Waals surface area contributed by atoms with Crippen LogP contribution in [-0.4, -0.2) is 12.1 Å². The quantitative estimate of drug-likeness (QED) is 0.718. The van der Waals surface area contributed by atoms with Crippen LogP contribution in [0.25, 0.3) is 0 Å². The Morgan fingerprint density at radius 2 is 1.84 bits per heavy atom. The Bertz CT molecular complexity index is 360. The lowest BCUT2D eigenvalue weighted by molar-refractivity contribution is -0.0780. The van der Waals surface area contributed by atoms with Gasteiger partial charge in [0.1, 0.15) is 0 Å². The summed E-state index contributed by atoms with van der Waals surface area (Å²) in [7, 11) is 0. The molecule has 0 unspecified atom stereocenters. The monoisotopic (exact) mass is 261 g/mol. The molecule has 0 radical (unpaired) electrons. The first-order valence-electron chi connectivity index (χ1n) is 8.38. The van der Waals surface area contributed by atoms with Gasteiger partial charge in [-0.3, -0.25) is 0 Å². The average molecular weight is 261 g/mol. The summed E-state index contributed by atoms with van der Waals surface area (Å²) in [6, 6.07) is 0. The lowest BCUT2D eigenvalue weighted by atomic mass is 9.43. The van der Waals surface area contributed by atoms with E-state index < -0.39 is 0 Å². The molecule has 0 saturated heterocycles. The fourth-order valence-corrected chi connectivity index (χ4v) is 4.63. The smallest absolute Gasteiger partial charge is 0.00968 e. The predicted molar refractivity (Wildman–Crippen MR) is 82.3 cm³/mol. The van der Waals surface area contributed by atoms with E-state index >= 15 is 0 Å². The summed E-state index contributed by atoms with van der Waals surface area (Å²) in [6.45, 7) is 8.11. The molecular weight excluding hydrogens is 230 g/mol. The van der Waals surface area contributed by atoms with Gasteiger partial charge >= 0.3 is 0 Å². The van der Waals surface area contributed by atoms with E-state index in [0.29, 0.717) is 5.41 Å². The third-order valence-electron chi connectivity index (χ3n) is 5.77. The fourth-order valence-electron chi connectivity index (χ4n) is 4.63. The summed E-state index contributed by atoms with van der Waals surface area (Å²) in [5, 5.41) is 3.81. The molecule has 2 fully saturated rings. The Kier molecular flexibility index (Phi) is 3.32. The molecule has 3 aliphatic rings. The van der Waals surface area contributed by atoms with Gasteiger partial charge in [-0.2, -0.15) is 0 Å². The van der Waals surface area contributed by atoms with Gasteiger partial charge in [0, 0.05) is 17.5 Å². The SMILES string of the molecule is CC(C)(C)NCC1(C2=CCCCC2)CC2(CCC2)C1. The van der Waals surface area contributed by atoms with Crippen LogP contribution in [-0.2, 0) is 0 Å². The van der Waals surface area contributed by atoms with Crippen LogP contribution in [0.4, 0.5) is 0 Å². The van der Waals surface area contributed by atoms with Crippen molar-refractivity contribution in [3.8, 4) is 0 Å². The van der Waals surface area contributed by atoms with Crippen LogP contribution < -0.4 is 5.32 Å². The van der Waals surface area contributed by atoms with E-state index in [9.17, 15) is 0 Å². The van der Waals surface area contributed by atoms with E-state index in [0.717, 1.165) is 5.41 Å². The molecule has 0 bridgehead atoms. The van der Waals surface area contributed by atoms with E-state index in [1.165, 1.54) is 64.3 Å². The summed E-state index contributed by atoms with van der Waals surface area (Å²) in [5.74, 6) is 0. The van der Waals surface area contributed by atoms with Gasteiger partial charge in [-0.25, -0.2) is 0 Å². The van der Waals surface area contributed by atoms with Crippen molar-refractivity contribution in [2.75, 3.05) is 6.54 Å². The van der Waals surface area contributed by atoms with Crippen LogP contribution in [0, 0.1) is 10.8 Å². The molecule has 2 saturated carbocycles. The molecule has 1 heteroatoms. The number of hydrogen-bond acceptors (Lipinski definition) is 1. The van der Waals surface area contributed by atoms with Gasteiger partial charge in [-0.05, 0) is 77.6 Å². The minimum Gasteiger partial charge on any atom is -0.311 e. The molecule has 0 aromatic rings. The molecule has 1 spiro atoms. The largest absolute Gasteiger partial charge is 0.311 e. The normalized spacial score (nSPS) is 28.5. The van der Waals surface area contributed by atoms with Crippen LogP contribution in [0.15, 0.2) is 11.6 Å². The molecule has 19 heavy (non-hydrogen) atoms. The minimum absolute atomic E-state index is 0.255. The molecule has 0 aromatic carbocycles. The van der Waals surface area contributed by atoms with Gasteiger partial charge in [-0.1, -0.05) is 18.1 Å². The Morgan fingerprint density at radius 3 is 2.32 bits per heavy atom. The molecule has 3 rings (SSSR count). The van der Waals surface area contributed by atoms with Crippen molar-refractivity contribution in [2.45, 2.75) is 84.1 Å². The minimum atomic E-state index is 0.255. The molecule has 1 N–H and O–H groups in total. The van der Waals surface area contributed by atoms with Crippen LogP contribution in [0.3, 0.4) is 0 Å². The topological polar surface area (TPSA) is 12.0 Å². The summed E-state index contributed by atoms with van der Waals surface area (Å²) in [4.78, 5) is 0. The second-order valence-electron chi connectivity index (χ2n) is 8.57. The Labute approximate surface area is 119 Å². The van der Waals surface area contributed by atoms with Crippen molar-refractivity contribution in [2.24, 2.45) is 10.8 Å². The van der Waals surface area contributed by atoms with Crippen molar-refractivity contribution < 1.29 is 0 Å². The molecule has 108 valence electrons. The van der Waals surface area contributed by atoms with Crippen molar-refractivity contribution in [1.29, 1.82) is 0 Å². The Balaban J connectivity index is 1.71. The van der Waals surface area contributed by atoms with E-state index in [1.807, 2.05) is 5.57 Å². The van der Waals surface area contributed by atoms with Gasteiger partial charge in [0.05, 0.1) is 0 Å². The summed E-state index contributed by atoms with van der Waals surface area (Å²) < 4.78 is 0. The maximum Gasteiger partial charge on any atom is 0.00968 e. The number of nitrogens with one attached hydrogen (secondary N) is 1. The van der Waals surface area contributed by atoms with Crippen molar-refractivity contribution in [3.05, 3.63) is 11.6 Å². The maximum absolute atomic E-state index is 3.81. The van der Waals surface area contributed by atoms with Gasteiger partial charge < -0.3 is 5.32 Å². The standard InChI is InChI=1S/C18H31N/c1-16(2,3)19-14-18(15-8-5-4-6-9-15)12-17(13-18)10-7-11-17/h8,19H,4-7,9-14H2,1-3H3. The van der Waals surface area contributed by atoms with Crippen LogP contribution in [0.5, 0.6) is 0 Å². The number of rotatable bonds is 3. The molecule has 1 nitrogen and oxygen atoms in total. The van der Waals surface area contributed by atoms with E-state index in [1.54, 1.807) is 0 Å². The molecule has 0 amide bonds. The molecule has 0 heterocycles. The highest BCUT2D eigenvalue weighted by atomic mass is 15.0. The second-order valence-corrected chi connectivity index (χ2v) is 8.57. The molecular formula is C18H31N. The first-order valence-corrected chi connectivity index (χ1v) is 8.38. The number of hydrogen-bond donors (Lipinski definition) is 1. The van der Waals surface area contributed by atoms with E-state index in [4.69, 9.17) is 0 Å². The van der Waals surface area contributed by atoms with Crippen molar-refractivity contribution >= 4 is 0 Å². The number of allylic oxidation sites excluding steroid dienone is 1. The first-order chi connectivity index (χ1) is 8.93. The predicted octanol–water partition coefficient (Wildman–Crippen LogP) is 4.83. The molecule has 0 aliphatic heterocycles. The summed E-state index contributed by atoms with van der Waals surface area (Å²) >= 11 is 0. The van der Waals surface area contributed by atoms with E-state index in [-0.39, 0.29) is 5.54 Å². The maximum atomic E-state index is 3.81. The van der Waals surface area contributed by atoms with E-state index in [2.05, 4.69) is 32.2 Å². The highest BCUT2D eigenvalue weighted by molar-refractivity contribution is 5.26. The zero-order chi connectivity index (χ0) is 13.6. The second kappa shape index (κ2) is 4.62. The Morgan fingerprint density at radius 1 is 1.11 bits per heavy atom. The van der Waals surface area contributed by atoms with Gasteiger partial charge in [-0.15, -0.1) is 0 Å². The lowest BCUT2D eigenvalue weighted by Crippen LogP contribution is -2.57. The van der Waals surface area contributed by atoms with Crippen molar-refractivity contribution in [3.63, 3.8) is 0 Å². The van der Waals surface area contributed by atoms with Crippen LogP contribution in [0.2, 0.25) is 0 Å². The third-order valence-corrected chi connectivity index (χ3v) is 5.77. The summed E-state index contributed by atoms with van der Waals surface area (Å²) in [6.07, 6.45) is 15.6. The fraction of sp³-hybridized carbons (Fsp3) is 0.889. The third kappa shape index (κ3) is 2.63. The van der Waals surface area contributed by atoms with Crippen LogP contribution >= 0.6 is 0 Å². The molecule has 3 aliphatic carbocycles. The first kappa shape index (κ1) is 13.7.